The number of hydrogen-bond acceptors (Lipinski definition) is 3. The molecule has 2 unspecified atom stereocenters. The summed E-state index contributed by atoms with van der Waals surface area (Å²) in [6.07, 6.45) is 8.76. The number of aryl methyl sites for hydroxylation is 1. The van der Waals surface area contributed by atoms with Crippen LogP contribution in [0.2, 0.25) is 0 Å². The second-order valence-corrected chi connectivity index (χ2v) is 8.74. The molecule has 2 atom stereocenters. The SMILES string of the molecule is CCc1ccc(-n2nc(C(=O)N(C)C3CC4CCC(C3)N4)c3c2CCC3)cc1.Cl. The van der Waals surface area contributed by atoms with Crippen LogP contribution in [0.25, 0.3) is 5.69 Å². The molecule has 1 N–H and O–H groups in total. The Kier molecular flexibility index (Phi) is 5.71. The monoisotopic (exact) mass is 414 g/mol. The van der Waals surface area contributed by atoms with Gasteiger partial charge in [-0.3, -0.25) is 4.79 Å². The fourth-order valence-electron chi connectivity index (χ4n) is 5.37. The zero-order valence-corrected chi connectivity index (χ0v) is 18.2. The number of halogens is 1. The first-order valence-corrected chi connectivity index (χ1v) is 10.9. The highest BCUT2D eigenvalue weighted by Gasteiger charge is 2.38. The molecule has 2 aliphatic heterocycles. The van der Waals surface area contributed by atoms with Gasteiger partial charge < -0.3 is 10.2 Å². The Morgan fingerprint density at radius 1 is 1.17 bits per heavy atom. The molecule has 0 saturated carbocycles. The quantitative estimate of drug-likeness (QED) is 0.829. The van der Waals surface area contributed by atoms with E-state index in [-0.39, 0.29) is 18.3 Å². The summed E-state index contributed by atoms with van der Waals surface area (Å²) in [6, 6.07) is 10.1. The smallest absolute Gasteiger partial charge is 0.274 e. The fourth-order valence-corrected chi connectivity index (χ4v) is 5.37. The zero-order valence-electron chi connectivity index (χ0n) is 17.4. The van der Waals surface area contributed by atoms with Gasteiger partial charge in [-0.15, -0.1) is 12.4 Å². The van der Waals surface area contributed by atoms with Gasteiger partial charge in [0.15, 0.2) is 5.69 Å². The minimum atomic E-state index is 0. The molecule has 0 radical (unpaired) electrons. The van der Waals surface area contributed by atoms with E-state index in [1.807, 2.05) is 16.6 Å². The molecule has 3 heterocycles. The number of carbonyl (C=O) groups is 1. The van der Waals surface area contributed by atoms with Crippen molar-refractivity contribution < 1.29 is 4.79 Å². The highest BCUT2D eigenvalue weighted by atomic mass is 35.5. The van der Waals surface area contributed by atoms with Crippen molar-refractivity contribution in [2.75, 3.05) is 7.05 Å². The summed E-state index contributed by atoms with van der Waals surface area (Å²) in [4.78, 5) is 15.4. The van der Waals surface area contributed by atoms with Crippen molar-refractivity contribution in [2.45, 2.75) is 76.4 Å². The van der Waals surface area contributed by atoms with Gasteiger partial charge in [0.1, 0.15) is 0 Å². The number of amides is 1. The number of fused-ring (bicyclic) bond motifs is 3. The highest BCUT2D eigenvalue weighted by molar-refractivity contribution is 5.94. The van der Waals surface area contributed by atoms with E-state index in [4.69, 9.17) is 5.10 Å². The Hall–Kier alpha value is -1.85. The molecule has 0 spiro atoms. The van der Waals surface area contributed by atoms with Crippen LogP contribution in [0.4, 0.5) is 0 Å². The second kappa shape index (κ2) is 8.11. The van der Waals surface area contributed by atoms with Gasteiger partial charge in [0.05, 0.1) is 5.69 Å². The summed E-state index contributed by atoms with van der Waals surface area (Å²) >= 11 is 0. The van der Waals surface area contributed by atoms with E-state index in [0.29, 0.717) is 23.8 Å². The topological polar surface area (TPSA) is 50.2 Å². The number of nitrogens with one attached hydrogen (secondary N) is 1. The summed E-state index contributed by atoms with van der Waals surface area (Å²) in [5.74, 6) is 0.105. The molecule has 6 heteroatoms. The van der Waals surface area contributed by atoms with E-state index in [1.165, 1.54) is 29.7 Å². The number of hydrogen-bond donors (Lipinski definition) is 1. The maximum absolute atomic E-state index is 13.4. The lowest BCUT2D eigenvalue weighted by Gasteiger charge is -2.35. The molecule has 5 rings (SSSR count). The third-order valence-corrected chi connectivity index (χ3v) is 7.04. The van der Waals surface area contributed by atoms with Gasteiger partial charge in [0.25, 0.3) is 5.91 Å². The molecule has 1 aromatic heterocycles. The van der Waals surface area contributed by atoms with Gasteiger partial charge in [0.2, 0.25) is 0 Å². The number of aromatic nitrogens is 2. The van der Waals surface area contributed by atoms with E-state index < -0.39 is 0 Å². The molecule has 1 amide bonds. The third-order valence-electron chi connectivity index (χ3n) is 7.04. The van der Waals surface area contributed by atoms with Crippen molar-refractivity contribution in [1.29, 1.82) is 0 Å². The van der Waals surface area contributed by atoms with E-state index in [9.17, 15) is 4.79 Å². The average molecular weight is 415 g/mol. The van der Waals surface area contributed by atoms with Crippen LogP contribution in [-0.4, -0.2) is 45.8 Å². The van der Waals surface area contributed by atoms with Crippen molar-refractivity contribution in [1.82, 2.24) is 20.0 Å². The molecule has 2 aromatic rings. The Bertz CT molecular complexity index is 879. The molecule has 1 aromatic carbocycles. The predicted octanol–water partition coefficient (Wildman–Crippen LogP) is 3.70. The molecule has 2 fully saturated rings. The lowest BCUT2D eigenvalue weighted by molar-refractivity contribution is 0.0674. The van der Waals surface area contributed by atoms with Crippen LogP contribution in [-0.2, 0) is 19.3 Å². The summed E-state index contributed by atoms with van der Waals surface area (Å²) in [5, 5.41) is 8.51. The molecular formula is C23H31ClN4O. The number of piperidine rings is 1. The lowest BCUT2D eigenvalue weighted by Crippen LogP contribution is -2.48. The van der Waals surface area contributed by atoms with Crippen LogP contribution in [0, 0.1) is 0 Å². The van der Waals surface area contributed by atoms with E-state index in [0.717, 1.165) is 44.2 Å². The van der Waals surface area contributed by atoms with Gasteiger partial charge in [-0.25, -0.2) is 4.68 Å². The minimum absolute atomic E-state index is 0. The van der Waals surface area contributed by atoms with E-state index in [1.54, 1.807) is 0 Å². The minimum Gasteiger partial charge on any atom is -0.337 e. The third kappa shape index (κ3) is 3.59. The first-order valence-electron chi connectivity index (χ1n) is 10.9. The van der Waals surface area contributed by atoms with Crippen molar-refractivity contribution in [3.8, 4) is 5.69 Å². The summed E-state index contributed by atoms with van der Waals surface area (Å²) in [6.45, 7) is 2.17. The van der Waals surface area contributed by atoms with Crippen LogP contribution in [0.1, 0.15) is 66.3 Å². The maximum Gasteiger partial charge on any atom is 0.274 e. The maximum atomic E-state index is 13.4. The van der Waals surface area contributed by atoms with Gasteiger partial charge in [-0.05, 0) is 69.1 Å². The number of nitrogens with zero attached hydrogens (tertiary/aromatic N) is 3. The largest absolute Gasteiger partial charge is 0.337 e. The van der Waals surface area contributed by atoms with Crippen molar-refractivity contribution >= 4 is 18.3 Å². The molecule has 3 aliphatic rings. The zero-order chi connectivity index (χ0) is 19.3. The van der Waals surface area contributed by atoms with Gasteiger partial charge in [0, 0.05) is 36.4 Å². The number of rotatable bonds is 4. The molecule has 29 heavy (non-hydrogen) atoms. The van der Waals surface area contributed by atoms with Gasteiger partial charge in [-0.2, -0.15) is 5.10 Å². The lowest BCUT2D eigenvalue weighted by atomic mass is 9.98. The molecular weight excluding hydrogens is 384 g/mol. The number of carbonyl (C=O) groups excluding carboxylic acids is 1. The summed E-state index contributed by atoms with van der Waals surface area (Å²) in [7, 11) is 1.98. The Balaban J connectivity index is 0.00000205. The average Bonchev–Trinajstić information content (AvgIpc) is 3.42. The Morgan fingerprint density at radius 2 is 1.86 bits per heavy atom. The Labute approximate surface area is 179 Å². The van der Waals surface area contributed by atoms with Crippen molar-refractivity contribution in [3.05, 3.63) is 46.8 Å². The molecule has 5 nitrogen and oxygen atoms in total. The summed E-state index contributed by atoms with van der Waals surface area (Å²) in [5.41, 5.74) is 5.47. The number of benzene rings is 1. The van der Waals surface area contributed by atoms with Crippen molar-refractivity contribution in [2.24, 2.45) is 0 Å². The molecule has 1 aliphatic carbocycles. The summed E-state index contributed by atoms with van der Waals surface area (Å²) < 4.78 is 2.02. The predicted molar refractivity (Wildman–Crippen MR) is 117 cm³/mol. The first-order chi connectivity index (χ1) is 13.6. The van der Waals surface area contributed by atoms with Crippen LogP contribution in [0.3, 0.4) is 0 Å². The fraction of sp³-hybridized carbons (Fsp3) is 0.565. The van der Waals surface area contributed by atoms with Gasteiger partial charge in [-0.1, -0.05) is 19.1 Å². The molecule has 2 saturated heterocycles. The van der Waals surface area contributed by atoms with E-state index in [2.05, 4.69) is 36.5 Å². The van der Waals surface area contributed by atoms with E-state index >= 15 is 0 Å². The molecule has 156 valence electrons. The highest BCUT2D eigenvalue weighted by Crippen LogP contribution is 2.32. The normalized spacial score (nSPS) is 24.8. The standard InChI is InChI=1S/C23H30N4O.ClH/c1-3-15-7-11-18(12-8-15)27-21-6-4-5-20(21)22(25-27)23(28)26(2)19-13-16-9-10-17(14-19)24-16;/h7-8,11-12,16-17,19,24H,3-6,9-10,13-14H2,1-2H3;1H. The van der Waals surface area contributed by atoms with Crippen LogP contribution in [0.5, 0.6) is 0 Å². The van der Waals surface area contributed by atoms with Crippen LogP contribution >= 0.6 is 12.4 Å². The van der Waals surface area contributed by atoms with Crippen molar-refractivity contribution in [3.63, 3.8) is 0 Å². The Morgan fingerprint density at radius 3 is 2.52 bits per heavy atom. The van der Waals surface area contributed by atoms with Gasteiger partial charge >= 0.3 is 0 Å². The second-order valence-electron chi connectivity index (χ2n) is 8.74. The van der Waals surface area contributed by atoms with Crippen LogP contribution < -0.4 is 5.32 Å². The van der Waals surface area contributed by atoms with Crippen LogP contribution in [0.15, 0.2) is 24.3 Å². The first kappa shape index (κ1) is 20.4. The molecule has 2 bridgehead atoms.